The summed E-state index contributed by atoms with van der Waals surface area (Å²) in [6, 6.07) is 5.60. The fourth-order valence-electron chi connectivity index (χ4n) is 3.59. The molecule has 1 aromatic carbocycles. The van der Waals surface area contributed by atoms with Crippen molar-refractivity contribution in [1.82, 2.24) is 23.5 Å². The zero-order valence-corrected chi connectivity index (χ0v) is 19.1. The molecule has 0 unspecified atom stereocenters. The second-order valence-electron chi connectivity index (χ2n) is 8.19. The van der Waals surface area contributed by atoms with Crippen LogP contribution in [0.5, 0.6) is 5.75 Å². The molecule has 0 radical (unpaired) electrons. The topological polar surface area (TPSA) is 125 Å². The van der Waals surface area contributed by atoms with Gasteiger partial charge in [0.2, 0.25) is 11.7 Å². The van der Waals surface area contributed by atoms with Gasteiger partial charge in [-0.1, -0.05) is 12.1 Å². The lowest BCUT2D eigenvalue weighted by Gasteiger charge is -2.42. The van der Waals surface area contributed by atoms with Crippen LogP contribution < -0.4 is 10.9 Å². The average molecular weight is 468 g/mol. The standard InChI is InChI=1S/C20H26FN5O5S/c1-20(2)19-23-15(11-16(27)22-12-13-5-7-14(21)8-6-13)17(28)18(29)25(19)9-10-26(20)32(30,31)24(3)4/h5-8,28H,9-12H2,1-4H3,(H,22,27). The van der Waals surface area contributed by atoms with Crippen LogP contribution in [0.1, 0.15) is 30.9 Å². The van der Waals surface area contributed by atoms with Crippen LogP contribution in [0.15, 0.2) is 29.1 Å². The summed E-state index contributed by atoms with van der Waals surface area (Å²) < 4.78 is 42.1. The number of hydrogen-bond donors (Lipinski definition) is 2. The second-order valence-corrected chi connectivity index (χ2v) is 10.3. The van der Waals surface area contributed by atoms with E-state index in [0.717, 1.165) is 4.31 Å². The third kappa shape index (κ3) is 4.38. The van der Waals surface area contributed by atoms with Crippen molar-refractivity contribution in [2.75, 3.05) is 20.6 Å². The predicted octanol–water partition coefficient (Wildman–Crippen LogP) is 0.304. The molecule has 0 aliphatic carbocycles. The minimum atomic E-state index is -3.81. The smallest absolute Gasteiger partial charge is 0.296 e. The summed E-state index contributed by atoms with van der Waals surface area (Å²) in [6.45, 7) is 3.40. The molecule has 0 atom stereocenters. The molecule has 2 N–H and O–H groups in total. The van der Waals surface area contributed by atoms with E-state index in [2.05, 4.69) is 10.3 Å². The van der Waals surface area contributed by atoms with Crippen molar-refractivity contribution in [3.8, 4) is 5.75 Å². The number of amides is 1. The summed E-state index contributed by atoms with van der Waals surface area (Å²) >= 11 is 0. The van der Waals surface area contributed by atoms with Crippen LogP contribution in [0.2, 0.25) is 0 Å². The molecule has 2 heterocycles. The molecule has 1 aromatic heterocycles. The van der Waals surface area contributed by atoms with Gasteiger partial charge < -0.3 is 10.4 Å². The van der Waals surface area contributed by atoms with E-state index in [4.69, 9.17) is 0 Å². The number of aromatic nitrogens is 2. The van der Waals surface area contributed by atoms with E-state index in [9.17, 15) is 27.5 Å². The fraction of sp³-hybridized carbons (Fsp3) is 0.450. The number of nitrogens with one attached hydrogen (secondary N) is 1. The van der Waals surface area contributed by atoms with Crippen LogP contribution in [0.25, 0.3) is 0 Å². The van der Waals surface area contributed by atoms with Crippen molar-refractivity contribution < 1.29 is 22.7 Å². The Balaban J connectivity index is 1.88. The van der Waals surface area contributed by atoms with E-state index in [1.54, 1.807) is 13.8 Å². The maximum absolute atomic E-state index is 13.0. The van der Waals surface area contributed by atoms with Crippen molar-refractivity contribution >= 4 is 16.1 Å². The van der Waals surface area contributed by atoms with Gasteiger partial charge in [-0.25, -0.2) is 9.37 Å². The molecule has 0 saturated carbocycles. The van der Waals surface area contributed by atoms with Crippen molar-refractivity contribution in [3.63, 3.8) is 0 Å². The first-order valence-electron chi connectivity index (χ1n) is 9.90. The van der Waals surface area contributed by atoms with Gasteiger partial charge in [0.1, 0.15) is 11.6 Å². The van der Waals surface area contributed by atoms with E-state index >= 15 is 0 Å². The van der Waals surface area contributed by atoms with Crippen LogP contribution in [0, 0.1) is 5.82 Å². The quantitative estimate of drug-likeness (QED) is 0.630. The number of rotatable bonds is 6. The largest absolute Gasteiger partial charge is 0.502 e. The van der Waals surface area contributed by atoms with Crippen molar-refractivity contribution in [3.05, 3.63) is 57.5 Å². The average Bonchev–Trinajstić information content (AvgIpc) is 2.71. The van der Waals surface area contributed by atoms with E-state index < -0.39 is 38.8 Å². The predicted molar refractivity (Wildman–Crippen MR) is 114 cm³/mol. The van der Waals surface area contributed by atoms with Gasteiger partial charge in [-0.15, -0.1) is 0 Å². The SMILES string of the molecule is CN(C)S(=O)(=O)N1CCn2c(nc(CC(=O)NCc3ccc(F)cc3)c(O)c2=O)C1(C)C. The summed E-state index contributed by atoms with van der Waals surface area (Å²) in [4.78, 5) is 29.5. The Morgan fingerprint density at radius 3 is 2.47 bits per heavy atom. The zero-order valence-electron chi connectivity index (χ0n) is 18.3. The number of benzene rings is 1. The molecule has 0 saturated heterocycles. The Kier molecular flexibility index (Phi) is 6.40. The zero-order chi connectivity index (χ0) is 23.8. The van der Waals surface area contributed by atoms with Gasteiger partial charge in [0.05, 0.1) is 17.7 Å². The molecule has 0 bridgehead atoms. The van der Waals surface area contributed by atoms with Gasteiger partial charge in [-0.2, -0.15) is 17.0 Å². The van der Waals surface area contributed by atoms with Crippen LogP contribution in [-0.4, -0.2) is 58.2 Å². The maximum atomic E-state index is 13.0. The highest BCUT2D eigenvalue weighted by molar-refractivity contribution is 7.86. The summed E-state index contributed by atoms with van der Waals surface area (Å²) in [7, 11) is -0.987. The molecular weight excluding hydrogens is 441 g/mol. The van der Waals surface area contributed by atoms with E-state index in [1.165, 1.54) is 47.2 Å². The molecule has 1 amide bonds. The highest BCUT2D eigenvalue weighted by Gasteiger charge is 2.45. The number of carbonyl (C=O) groups is 1. The van der Waals surface area contributed by atoms with Crippen LogP contribution in [-0.2, 0) is 40.1 Å². The highest BCUT2D eigenvalue weighted by Crippen LogP contribution is 2.33. The molecular formula is C20H26FN5O5S. The minimum Gasteiger partial charge on any atom is -0.502 e. The van der Waals surface area contributed by atoms with Crippen molar-refractivity contribution in [2.45, 2.75) is 38.9 Å². The van der Waals surface area contributed by atoms with Crippen LogP contribution in [0.3, 0.4) is 0 Å². The van der Waals surface area contributed by atoms with Gasteiger partial charge in [0.25, 0.3) is 15.8 Å². The molecule has 32 heavy (non-hydrogen) atoms. The number of aromatic hydroxyl groups is 1. The first-order chi connectivity index (χ1) is 14.9. The molecule has 1 aliphatic heterocycles. The summed E-state index contributed by atoms with van der Waals surface area (Å²) in [5.41, 5.74) is -1.40. The molecule has 1 aliphatic rings. The Hall–Kier alpha value is -2.83. The monoisotopic (exact) mass is 467 g/mol. The fourth-order valence-corrected chi connectivity index (χ4v) is 4.95. The first-order valence-corrected chi connectivity index (χ1v) is 11.3. The third-order valence-electron chi connectivity index (χ3n) is 5.39. The third-order valence-corrected chi connectivity index (χ3v) is 7.50. The van der Waals surface area contributed by atoms with Gasteiger partial charge in [-0.05, 0) is 31.5 Å². The highest BCUT2D eigenvalue weighted by atomic mass is 32.2. The van der Waals surface area contributed by atoms with Crippen LogP contribution in [0.4, 0.5) is 4.39 Å². The Morgan fingerprint density at radius 2 is 1.88 bits per heavy atom. The van der Waals surface area contributed by atoms with E-state index in [0.29, 0.717) is 5.56 Å². The number of nitrogens with zero attached hydrogens (tertiary/aromatic N) is 4. The number of fused-ring (bicyclic) bond motifs is 1. The van der Waals surface area contributed by atoms with Gasteiger partial charge in [0, 0.05) is 33.7 Å². The molecule has 2 aromatic rings. The molecule has 3 rings (SSSR count). The lowest BCUT2D eigenvalue weighted by Crippen LogP contribution is -2.57. The lowest BCUT2D eigenvalue weighted by molar-refractivity contribution is -0.120. The molecule has 10 nitrogen and oxygen atoms in total. The summed E-state index contributed by atoms with van der Waals surface area (Å²) in [5, 5.41) is 13.0. The molecule has 0 fully saturated rings. The molecule has 12 heteroatoms. The van der Waals surface area contributed by atoms with Gasteiger partial charge >= 0.3 is 0 Å². The molecule has 174 valence electrons. The molecule has 0 spiro atoms. The Labute approximate surface area is 185 Å². The number of halogens is 1. The van der Waals surface area contributed by atoms with Crippen molar-refractivity contribution in [1.29, 1.82) is 0 Å². The first kappa shape index (κ1) is 23.8. The maximum Gasteiger partial charge on any atom is 0.296 e. The van der Waals surface area contributed by atoms with Crippen molar-refractivity contribution in [2.24, 2.45) is 0 Å². The minimum absolute atomic E-state index is 0.0161. The van der Waals surface area contributed by atoms with Gasteiger partial charge in [0.15, 0.2) is 0 Å². The lowest BCUT2D eigenvalue weighted by atomic mass is 10.0. The number of carbonyl (C=O) groups excluding carboxylic acids is 1. The Bertz CT molecular complexity index is 1190. The normalized spacial score (nSPS) is 16.1. The summed E-state index contributed by atoms with van der Waals surface area (Å²) in [5.74, 6) is -1.41. The van der Waals surface area contributed by atoms with E-state index in [-0.39, 0.29) is 37.6 Å². The van der Waals surface area contributed by atoms with Gasteiger partial charge in [-0.3, -0.25) is 14.2 Å². The van der Waals surface area contributed by atoms with E-state index in [1.807, 2.05) is 0 Å². The summed E-state index contributed by atoms with van der Waals surface area (Å²) in [6.07, 6.45) is -0.382. The van der Waals surface area contributed by atoms with Crippen LogP contribution >= 0.6 is 0 Å². The number of hydrogen-bond acceptors (Lipinski definition) is 6. The Morgan fingerprint density at radius 1 is 1.25 bits per heavy atom. The second kappa shape index (κ2) is 8.60.